The Kier molecular flexibility index (Phi) is 6.40. The molecule has 0 fully saturated rings. The number of hydrogen-bond acceptors (Lipinski definition) is 4. The number of carbonyl (C=O) groups excluding carboxylic acids is 1. The van der Waals surface area contributed by atoms with Gasteiger partial charge in [-0.2, -0.15) is 0 Å². The molecule has 0 bridgehead atoms. The molecule has 1 amide bonds. The predicted octanol–water partition coefficient (Wildman–Crippen LogP) is 5.58. The van der Waals surface area contributed by atoms with E-state index in [0.29, 0.717) is 35.4 Å². The van der Waals surface area contributed by atoms with Crippen LogP contribution in [0, 0.1) is 0 Å². The molecular weight excluding hydrogens is 402 g/mol. The van der Waals surface area contributed by atoms with Crippen LogP contribution in [-0.2, 0) is 4.79 Å². The molecule has 0 aliphatic carbocycles. The molecule has 0 atom stereocenters. The molecule has 1 aliphatic heterocycles. The summed E-state index contributed by atoms with van der Waals surface area (Å²) in [6.07, 6.45) is 0.990. The Labute approximate surface area is 180 Å². The van der Waals surface area contributed by atoms with Crippen molar-refractivity contribution >= 4 is 23.2 Å². The molecule has 3 aromatic rings. The van der Waals surface area contributed by atoms with Gasteiger partial charge in [0.2, 0.25) is 5.91 Å². The quantitative estimate of drug-likeness (QED) is 0.562. The van der Waals surface area contributed by atoms with Gasteiger partial charge in [-0.3, -0.25) is 4.79 Å². The highest BCUT2D eigenvalue weighted by molar-refractivity contribution is 6.34. The van der Waals surface area contributed by atoms with Crippen molar-refractivity contribution in [2.24, 2.45) is 0 Å². The Hall–Kier alpha value is -3.18. The van der Waals surface area contributed by atoms with E-state index in [4.69, 9.17) is 25.8 Å². The van der Waals surface area contributed by atoms with Gasteiger partial charge in [0, 0.05) is 24.1 Å². The molecule has 0 spiro atoms. The zero-order valence-corrected chi connectivity index (χ0v) is 17.2. The van der Waals surface area contributed by atoms with Crippen molar-refractivity contribution in [3.05, 3.63) is 71.8 Å². The molecular formula is C24H22ClNO4. The standard InChI is InChI=1S/C24H22ClNO4/c25-19-15-22-23(29-13-6-12-28-22)16-20(19)26-24(27)11-14-30-21-10-5-4-9-18(21)17-7-2-1-3-8-17/h1-5,7-10,15-16H,6,11-14H2,(H,26,27). The monoisotopic (exact) mass is 423 g/mol. The second kappa shape index (κ2) is 9.55. The topological polar surface area (TPSA) is 56.8 Å². The number of halogens is 1. The fourth-order valence-corrected chi connectivity index (χ4v) is 3.40. The van der Waals surface area contributed by atoms with Gasteiger partial charge < -0.3 is 19.5 Å². The van der Waals surface area contributed by atoms with E-state index in [1.165, 1.54) is 0 Å². The zero-order valence-electron chi connectivity index (χ0n) is 16.4. The number of hydrogen-bond donors (Lipinski definition) is 1. The van der Waals surface area contributed by atoms with Gasteiger partial charge >= 0.3 is 0 Å². The average Bonchev–Trinajstić information content (AvgIpc) is 3.00. The number of benzene rings is 3. The van der Waals surface area contributed by atoms with E-state index < -0.39 is 0 Å². The van der Waals surface area contributed by atoms with Crippen LogP contribution in [0.2, 0.25) is 5.02 Å². The lowest BCUT2D eigenvalue weighted by atomic mass is 10.1. The highest BCUT2D eigenvalue weighted by Gasteiger charge is 2.16. The lowest BCUT2D eigenvalue weighted by molar-refractivity contribution is -0.116. The maximum Gasteiger partial charge on any atom is 0.227 e. The minimum absolute atomic E-state index is 0.188. The highest BCUT2D eigenvalue weighted by atomic mass is 35.5. The molecule has 30 heavy (non-hydrogen) atoms. The molecule has 0 unspecified atom stereocenters. The van der Waals surface area contributed by atoms with Crippen LogP contribution in [-0.4, -0.2) is 25.7 Å². The Bertz CT molecular complexity index is 1020. The number of nitrogens with one attached hydrogen (secondary N) is 1. The molecule has 6 heteroatoms. The second-order valence-corrected chi connectivity index (χ2v) is 7.25. The van der Waals surface area contributed by atoms with E-state index in [-0.39, 0.29) is 18.9 Å². The van der Waals surface area contributed by atoms with Crippen molar-refractivity contribution < 1.29 is 19.0 Å². The van der Waals surface area contributed by atoms with Gasteiger partial charge in [0.25, 0.3) is 0 Å². The van der Waals surface area contributed by atoms with E-state index in [0.717, 1.165) is 23.3 Å². The van der Waals surface area contributed by atoms with Crippen LogP contribution in [0.25, 0.3) is 11.1 Å². The van der Waals surface area contributed by atoms with Gasteiger partial charge in [-0.05, 0) is 11.6 Å². The summed E-state index contributed by atoms with van der Waals surface area (Å²) in [5, 5.41) is 3.23. The fraction of sp³-hybridized carbons (Fsp3) is 0.208. The molecule has 0 saturated carbocycles. The van der Waals surface area contributed by atoms with Crippen LogP contribution in [0.15, 0.2) is 66.7 Å². The lowest BCUT2D eigenvalue weighted by Crippen LogP contribution is -2.15. The Morgan fingerprint density at radius 3 is 2.47 bits per heavy atom. The van der Waals surface area contributed by atoms with Crippen molar-refractivity contribution in [3.63, 3.8) is 0 Å². The molecule has 5 nitrogen and oxygen atoms in total. The lowest BCUT2D eigenvalue weighted by Gasteiger charge is -2.13. The minimum Gasteiger partial charge on any atom is -0.492 e. The fourth-order valence-electron chi connectivity index (χ4n) is 3.19. The summed E-state index contributed by atoms with van der Waals surface area (Å²) in [4.78, 5) is 12.4. The molecule has 1 aliphatic rings. The van der Waals surface area contributed by atoms with Crippen molar-refractivity contribution in [1.82, 2.24) is 0 Å². The van der Waals surface area contributed by atoms with Crippen LogP contribution >= 0.6 is 11.6 Å². The summed E-state index contributed by atoms with van der Waals surface area (Å²) in [7, 11) is 0. The van der Waals surface area contributed by atoms with Crippen molar-refractivity contribution in [3.8, 4) is 28.4 Å². The van der Waals surface area contributed by atoms with Gasteiger partial charge in [0.15, 0.2) is 11.5 Å². The maximum absolute atomic E-state index is 12.4. The third-order valence-electron chi connectivity index (χ3n) is 4.67. The Balaban J connectivity index is 1.37. The van der Waals surface area contributed by atoms with Crippen LogP contribution in [0.4, 0.5) is 5.69 Å². The van der Waals surface area contributed by atoms with Gasteiger partial charge in [-0.25, -0.2) is 0 Å². The summed E-state index contributed by atoms with van der Waals surface area (Å²) in [6, 6.07) is 21.2. The van der Waals surface area contributed by atoms with Gasteiger partial charge in [0.05, 0.1) is 37.0 Å². The average molecular weight is 424 g/mol. The Morgan fingerprint density at radius 1 is 0.967 bits per heavy atom. The van der Waals surface area contributed by atoms with Crippen LogP contribution < -0.4 is 19.5 Å². The van der Waals surface area contributed by atoms with E-state index in [2.05, 4.69) is 5.32 Å². The largest absolute Gasteiger partial charge is 0.492 e. The second-order valence-electron chi connectivity index (χ2n) is 6.84. The van der Waals surface area contributed by atoms with Crippen LogP contribution in [0.3, 0.4) is 0 Å². The van der Waals surface area contributed by atoms with Crippen LogP contribution in [0.1, 0.15) is 12.8 Å². The first-order valence-corrected chi connectivity index (χ1v) is 10.2. The number of amides is 1. The SMILES string of the molecule is O=C(CCOc1ccccc1-c1ccccc1)Nc1cc2c(cc1Cl)OCCCO2. The molecule has 0 radical (unpaired) electrons. The maximum atomic E-state index is 12.4. The molecule has 1 heterocycles. The number of anilines is 1. The van der Waals surface area contributed by atoms with Gasteiger partial charge in [-0.1, -0.05) is 60.1 Å². The first kappa shape index (κ1) is 20.1. The van der Waals surface area contributed by atoms with Crippen molar-refractivity contribution in [2.75, 3.05) is 25.1 Å². The van der Waals surface area contributed by atoms with E-state index in [1.807, 2.05) is 54.6 Å². The number of rotatable bonds is 6. The summed E-state index contributed by atoms with van der Waals surface area (Å²) in [6.45, 7) is 1.39. The summed E-state index contributed by atoms with van der Waals surface area (Å²) < 4.78 is 17.2. The number of carbonyl (C=O) groups is 1. The normalized spacial score (nSPS) is 12.7. The Morgan fingerprint density at radius 2 is 1.67 bits per heavy atom. The van der Waals surface area contributed by atoms with Crippen molar-refractivity contribution in [2.45, 2.75) is 12.8 Å². The number of fused-ring (bicyclic) bond motifs is 1. The van der Waals surface area contributed by atoms with Crippen LogP contribution in [0.5, 0.6) is 17.2 Å². The van der Waals surface area contributed by atoms with Gasteiger partial charge in [-0.15, -0.1) is 0 Å². The van der Waals surface area contributed by atoms with Gasteiger partial charge in [0.1, 0.15) is 5.75 Å². The molecule has 4 rings (SSSR count). The summed E-state index contributed by atoms with van der Waals surface area (Å²) in [5.41, 5.74) is 2.55. The van der Waals surface area contributed by atoms with Crippen molar-refractivity contribution in [1.29, 1.82) is 0 Å². The minimum atomic E-state index is -0.191. The zero-order chi connectivity index (χ0) is 20.8. The molecule has 0 saturated heterocycles. The van der Waals surface area contributed by atoms with E-state index >= 15 is 0 Å². The number of para-hydroxylation sites is 1. The van der Waals surface area contributed by atoms with E-state index in [9.17, 15) is 4.79 Å². The number of ether oxygens (including phenoxy) is 3. The first-order valence-electron chi connectivity index (χ1n) is 9.87. The summed E-state index contributed by atoms with van der Waals surface area (Å²) in [5.74, 6) is 1.73. The third-order valence-corrected chi connectivity index (χ3v) is 4.98. The highest BCUT2D eigenvalue weighted by Crippen LogP contribution is 2.37. The molecule has 0 aromatic heterocycles. The third kappa shape index (κ3) is 4.86. The molecule has 1 N–H and O–H groups in total. The molecule has 154 valence electrons. The predicted molar refractivity (Wildman–Crippen MR) is 118 cm³/mol. The summed E-state index contributed by atoms with van der Waals surface area (Å²) >= 11 is 6.30. The van der Waals surface area contributed by atoms with E-state index in [1.54, 1.807) is 12.1 Å². The molecule has 3 aromatic carbocycles. The smallest absolute Gasteiger partial charge is 0.227 e. The first-order chi connectivity index (χ1) is 14.7.